The number of piperazine rings is 1. The highest BCUT2D eigenvalue weighted by molar-refractivity contribution is 6.00. The van der Waals surface area contributed by atoms with Gasteiger partial charge in [0.1, 0.15) is 11.4 Å². The number of amides is 1. The van der Waals surface area contributed by atoms with Crippen LogP contribution in [0.25, 0.3) is 16.9 Å². The van der Waals surface area contributed by atoms with Gasteiger partial charge < -0.3 is 14.2 Å². The molecule has 0 atom stereocenters. The van der Waals surface area contributed by atoms with Gasteiger partial charge in [-0.15, -0.1) is 0 Å². The average molecular weight is 458 g/mol. The molecule has 4 aromatic rings. The third-order valence-corrected chi connectivity index (χ3v) is 6.02. The predicted octanol–water partition coefficient (Wildman–Crippen LogP) is 3.80. The number of methoxy groups -OCH3 is 1. The molecular weight excluding hydrogens is 430 g/mol. The lowest BCUT2D eigenvalue weighted by Crippen LogP contribution is -2.48. The van der Waals surface area contributed by atoms with E-state index in [0.29, 0.717) is 30.9 Å². The molecule has 1 saturated heterocycles. The Kier molecular flexibility index (Phi) is 6.14. The van der Waals surface area contributed by atoms with E-state index >= 15 is 0 Å². The second kappa shape index (κ2) is 9.52. The Labute approximate surface area is 198 Å². The number of hydrogen-bond donors (Lipinski definition) is 0. The Morgan fingerprint density at radius 3 is 2.53 bits per heavy atom. The first kappa shape index (κ1) is 21.9. The minimum Gasteiger partial charge on any atom is -0.497 e. The number of rotatable bonds is 6. The van der Waals surface area contributed by atoms with Crippen molar-refractivity contribution in [2.24, 2.45) is 0 Å². The summed E-state index contributed by atoms with van der Waals surface area (Å²) in [5.74, 6) is 1.55. The molecule has 5 rings (SSSR count). The summed E-state index contributed by atoms with van der Waals surface area (Å²) >= 11 is 0. The van der Waals surface area contributed by atoms with Crippen LogP contribution in [0.4, 0.5) is 0 Å². The number of hydrogen-bond acceptors (Lipinski definition) is 6. The molecule has 0 saturated carbocycles. The zero-order valence-corrected chi connectivity index (χ0v) is 19.3. The smallest absolute Gasteiger partial charge is 0.257 e. The van der Waals surface area contributed by atoms with E-state index in [1.165, 1.54) is 0 Å². The maximum Gasteiger partial charge on any atom is 0.257 e. The van der Waals surface area contributed by atoms with Gasteiger partial charge in [-0.2, -0.15) is 5.10 Å². The van der Waals surface area contributed by atoms with Gasteiger partial charge in [0.15, 0.2) is 5.76 Å². The third kappa shape index (κ3) is 4.58. The number of carbonyl (C=O) groups excluding carboxylic acids is 1. The second-order valence-electron chi connectivity index (χ2n) is 8.41. The molecule has 0 N–H and O–H groups in total. The minimum absolute atomic E-state index is 0.0184. The molecule has 2 aromatic heterocycles. The molecule has 2 aromatic carbocycles. The van der Waals surface area contributed by atoms with E-state index in [-0.39, 0.29) is 5.91 Å². The van der Waals surface area contributed by atoms with E-state index in [4.69, 9.17) is 14.4 Å². The Hall–Kier alpha value is -3.91. The van der Waals surface area contributed by atoms with Crippen LogP contribution < -0.4 is 4.74 Å². The summed E-state index contributed by atoms with van der Waals surface area (Å²) in [5.41, 5.74) is 3.85. The Morgan fingerprint density at radius 2 is 1.82 bits per heavy atom. The number of carbonyl (C=O) groups is 1. The Balaban J connectivity index is 1.39. The molecule has 1 aliphatic rings. The standard InChI is InChI=1S/C26H27N5O3/c1-19-15-23(34-28-19)17-29-11-13-30(14-12-29)26(32)24-18-31(21-8-4-3-5-9-21)27-25(24)20-7-6-10-22(16-20)33-2/h3-10,15-16,18H,11-14,17H2,1-2H3. The molecule has 0 bridgehead atoms. The summed E-state index contributed by atoms with van der Waals surface area (Å²) in [6.45, 7) is 5.43. The molecule has 3 heterocycles. The van der Waals surface area contributed by atoms with E-state index in [2.05, 4.69) is 10.1 Å². The summed E-state index contributed by atoms with van der Waals surface area (Å²) in [6.07, 6.45) is 1.83. The molecule has 0 unspecified atom stereocenters. The lowest BCUT2D eigenvalue weighted by atomic mass is 10.1. The van der Waals surface area contributed by atoms with Crippen LogP contribution in [-0.2, 0) is 6.54 Å². The van der Waals surface area contributed by atoms with Crippen LogP contribution in [0.1, 0.15) is 21.8 Å². The topological polar surface area (TPSA) is 76.6 Å². The lowest BCUT2D eigenvalue weighted by Gasteiger charge is -2.34. The van der Waals surface area contributed by atoms with Gasteiger partial charge in [0.05, 0.1) is 30.6 Å². The molecule has 34 heavy (non-hydrogen) atoms. The average Bonchev–Trinajstić information content (AvgIpc) is 3.51. The number of benzene rings is 2. The largest absolute Gasteiger partial charge is 0.497 e. The van der Waals surface area contributed by atoms with Gasteiger partial charge in [-0.1, -0.05) is 35.5 Å². The van der Waals surface area contributed by atoms with E-state index < -0.39 is 0 Å². The second-order valence-corrected chi connectivity index (χ2v) is 8.41. The van der Waals surface area contributed by atoms with E-state index in [1.54, 1.807) is 11.8 Å². The van der Waals surface area contributed by atoms with Crippen molar-refractivity contribution in [3.05, 3.63) is 83.9 Å². The summed E-state index contributed by atoms with van der Waals surface area (Å²) in [5, 5.41) is 8.76. The zero-order chi connectivity index (χ0) is 23.5. The van der Waals surface area contributed by atoms with Crippen molar-refractivity contribution in [3.8, 4) is 22.7 Å². The summed E-state index contributed by atoms with van der Waals surface area (Å²) < 4.78 is 12.5. The zero-order valence-electron chi connectivity index (χ0n) is 19.3. The molecule has 0 spiro atoms. The molecule has 1 fully saturated rings. The summed E-state index contributed by atoms with van der Waals surface area (Å²) in [6, 6.07) is 19.4. The van der Waals surface area contributed by atoms with Gasteiger partial charge in [-0.05, 0) is 31.2 Å². The van der Waals surface area contributed by atoms with Crippen molar-refractivity contribution >= 4 is 5.91 Å². The SMILES string of the molecule is COc1cccc(-c2nn(-c3ccccc3)cc2C(=O)N2CCN(Cc3cc(C)no3)CC2)c1. The van der Waals surface area contributed by atoms with Crippen molar-refractivity contribution in [2.45, 2.75) is 13.5 Å². The normalized spacial score (nSPS) is 14.4. The fourth-order valence-corrected chi connectivity index (χ4v) is 4.22. The molecule has 1 amide bonds. The third-order valence-electron chi connectivity index (χ3n) is 6.02. The van der Waals surface area contributed by atoms with Crippen molar-refractivity contribution < 1.29 is 14.1 Å². The fourth-order valence-electron chi connectivity index (χ4n) is 4.22. The van der Waals surface area contributed by atoms with Crippen molar-refractivity contribution in [1.29, 1.82) is 0 Å². The highest BCUT2D eigenvalue weighted by atomic mass is 16.5. The van der Waals surface area contributed by atoms with Gasteiger partial charge in [-0.25, -0.2) is 4.68 Å². The number of para-hydroxylation sites is 1. The lowest BCUT2D eigenvalue weighted by molar-refractivity contribution is 0.0618. The Bertz CT molecular complexity index is 1270. The quantitative estimate of drug-likeness (QED) is 0.438. The van der Waals surface area contributed by atoms with Crippen LogP contribution in [0.2, 0.25) is 0 Å². The van der Waals surface area contributed by atoms with Gasteiger partial charge >= 0.3 is 0 Å². The van der Waals surface area contributed by atoms with Gasteiger partial charge in [0, 0.05) is 44.0 Å². The van der Waals surface area contributed by atoms with Gasteiger partial charge in [0.25, 0.3) is 5.91 Å². The molecule has 8 heteroatoms. The first-order valence-corrected chi connectivity index (χ1v) is 11.3. The molecule has 0 aliphatic carbocycles. The molecule has 0 radical (unpaired) electrons. The van der Waals surface area contributed by atoms with E-state index in [1.807, 2.05) is 78.7 Å². The monoisotopic (exact) mass is 457 g/mol. The van der Waals surface area contributed by atoms with E-state index in [0.717, 1.165) is 41.5 Å². The van der Waals surface area contributed by atoms with Gasteiger partial charge in [-0.3, -0.25) is 9.69 Å². The van der Waals surface area contributed by atoms with Crippen LogP contribution >= 0.6 is 0 Å². The van der Waals surface area contributed by atoms with Crippen LogP contribution in [0.5, 0.6) is 5.75 Å². The number of aryl methyl sites for hydroxylation is 1. The molecule has 174 valence electrons. The Morgan fingerprint density at radius 1 is 1.03 bits per heavy atom. The highest BCUT2D eigenvalue weighted by Gasteiger charge is 2.27. The summed E-state index contributed by atoms with van der Waals surface area (Å²) in [4.78, 5) is 17.8. The maximum atomic E-state index is 13.7. The summed E-state index contributed by atoms with van der Waals surface area (Å²) in [7, 11) is 1.63. The van der Waals surface area contributed by atoms with Crippen LogP contribution in [-0.4, -0.2) is 63.9 Å². The minimum atomic E-state index is -0.0184. The molecule has 8 nitrogen and oxygen atoms in total. The molecular formula is C26H27N5O3. The van der Waals surface area contributed by atoms with Crippen LogP contribution in [0.15, 0.2) is 71.4 Å². The fraction of sp³-hybridized carbons (Fsp3) is 0.269. The van der Waals surface area contributed by atoms with Crippen molar-refractivity contribution in [1.82, 2.24) is 24.7 Å². The number of ether oxygens (including phenoxy) is 1. The first-order chi connectivity index (χ1) is 16.6. The predicted molar refractivity (Wildman–Crippen MR) is 128 cm³/mol. The number of aromatic nitrogens is 3. The van der Waals surface area contributed by atoms with Crippen molar-refractivity contribution in [2.75, 3.05) is 33.3 Å². The first-order valence-electron chi connectivity index (χ1n) is 11.3. The highest BCUT2D eigenvalue weighted by Crippen LogP contribution is 2.28. The van der Waals surface area contributed by atoms with Crippen LogP contribution in [0, 0.1) is 6.92 Å². The maximum absolute atomic E-state index is 13.7. The molecule has 1 aliphatic heterocycles. The van der Waals surface area contributed by atoms with Gasteiger partial charge in [0.2, 0.25) is 0 Å². The van der Waals surface area contributed by atoms with Crippen molar-refractivity contribution in [3.63, 3.8) is 0 Å². The van der Waals surface area contributed by atoms with E-state index in [9.17, 15) is 4.79 Å². The number of nitrogens with zero attached hydrogens (tertiary/aromatic N) is 5. The van der Waals surface area contributed by atoms with Crippen LogP contribution in [0.3, 0.4) is 0 Å².